The zero-order valence-electron chi connectivity index (χ0n) is 10.6. The van der Waals surface area contributed by atoms with Crippen molar-refractivity contribution in [1.29, 1.82) is 0 Å². The molecule has 0 saturated heterocycles. The van der Waals surface area contributed by atoms with Crippen molar-refractivity contribution in [3.8, 4) is 5.75 Å². The molecule has 0 spiro atoms. The fourth-order valence-electron chi connectivity index (χ4n) is 1.63. The summed E-state index contributed by atoms with van der Waals surface area (Å²) in [4.78, 5) is 11.4. The van der Waals surface area contributed by atoms with E-state index in [0.29, 0.717) is 11.0 Å². The van der Waals surface area contributed by atoms with E-state index in [0.717, 1.165) is 11.3 Å². The number of carbonyl (C=O) groups is 1. The number of esters is 1. The lowest BCUT2D eigenvalue weighted by molar-refractivity contribution is 0.0592. The van der Waals surface area contributed by atoms with Crippen LogP contribution in [-0.4, -0.2) is 30.0 Å². The number of carbonyl (C=O) groups excluding carboxylic acids is 1. The van der Waals surface area contributed by atoms with Crippen LogP contribution in [0.4, 0.5) is 0 Å². The number of benzene rings is 1. The van der Waals surface area contributed by atoms with E-state index < -0.39 is 5.97 Å². The van der Waals surface area contributed by atoms with Crippen LogP contribution < -0.4 is 4.74 Å². The summed E-state index contributed by atoms with van der Waals surface area (Å²) in [6.07, 6.45) is 1.75. The Morgan fingerprint density at radius 2 is 2.00 bits per heavy atom. The minimum absolute atomic E-state index is 0.274. The third-order valence-electron chi connectivity index (χ3n) is 2.60. The minimum atomic E-state index is -0.458. The molecule has 0 fully saturated rings. The highest BCUT2D eigenvalue weighted by Crippen LogP contribution is 2.17. The third-order valence-corrected chi connectivity index (χ3v) is 3.18. The number of hydrogen-bond donors (Lipinski definition) is 0. The van der Waals surface area contributed by atoms with E-state index >= 15 is 0 Å². The third kappa shape index (κ3) is 3.14. The summed E-state index contributed by atoms with van der Waals surface area (Å²) in [7, 11) is 2.96. The number of hydrogen-bond acceptors (Lipinski definition) is 4. The van der Waals surface area contributed by atoms with Crippen LogP contribution in [0, 0.1) is 0 Å². The van der Waals surface area contributed by atoms with Crippen molar-refractivity contribution in [2.75, 3.05) is 14.2 Å². The first-order valence-electron chi connectivity index (χ1n) is 5.58. The molecule has 2 aromatic rings. The maximum atomic E-state index is 11.4. The normalized spacial score (nSPS) is 10.3. The lowest BCUT2D eigenvalue weighted by Crippen LogP contribution is -2.06. The number of rotatable bonds is 4. The topological polar surface area (TPSA) is 53.3 Å². The Morgan fingerprint density at radius 3 is 2.58 bits per heavy atom. The summed E-state index contributed by atoms with van der Waals surface area (Å²) in [6.45, 7) is 0.569. The second kappa shape index (κ2) is 5.88. The van der Waals surface area contributed by atoms with E-state index in [1.807, 2.05) is 24.3 Å². The van der Waals surface area contributed by atoms with Gasteiger partial charge in [-0.15, -0.1) is 0 Å². The summed E-state index contributed by atoms with van der Waals surface area (Å²) in [5.41, 5.74) is 1.34. The molecule has 0 saturated carbocycles. The highest BCUT2D eigenvalue weighted by molar-refractivity contribution is 9.10. The smallest absolute Gasteiger partial charge is 0.359 e. The summed E-state index contributed by atoms with van der Waals surface area (Å²) in [5, 5.41) is 4.18. The van der Waals surface area contributed by atoms with Crippen molar-refractivity contribution in [3.63, 3.8) is 0 Å². The molecule has 0 aliphatic heterocycles. The molecule has 0 aliphatic carbocycles. The predicted molar refractivity (Wildman–Crippen MR) is 73.4 cm³/mol. The minimum Gasteiger partial charge on any atom is -0.497 e. The Labute approximate surface area is 119 Å². The van der Waals surface area contributed by atoms with Crippen molar-refractivity contribution in [2.24, 2.45) is 0 Å². The second-order valence-electron chi connectivity index (χ2n) is 3.86. The number of nitrogens with zero attached hydrogens (tertiary/aromatic N) is 2. The molecule has 1 aromatic heterocycles. The molecular weight excluding hydrogens is 312 g/mol. The largest absolute Gasteiger partial charge is 0.497 e. The standard InChI is InChI=1S/C13H13BrN2O3/c1-18-10-5-3-9(4-6-10)7-16-8-11(14)12(15-16)13(17)19-2/h3-6,8H,7H2,1-2H3. The van der Waals surface area contributed by atoms with Crippen molar-refractivity contribution < 1.29 is 14.3 Å². The summed E-state index contributed by atoms with van der Waals surface area (Å²) < 4.78 is 12.0. The fraction of sp³-hybridized carbons (Fsp3) is 0.231. The molecule has 0 atom stereocenters. The van der Waals surface area contributed by atoms with Crippen molar-refractivity contribution in [1.82, 2.24) is 9.78 Å². The molecule has 1 heterocycles. The van der Waals surface area contributed by atoms with Crippen molar-refractivity contribution in [3.05, 3.63) is 46.2 Å². The van der Waals surface area contributed by atoms with E-state index in [4.69, 9.17) is 4.74 Å². The number of halogens is 1. The maximum absolute atomic E-state index is 11.4. The van der Waals surface area contributed by atoms with Gasteiger partial charge in [0.1, 0.15) is 5.75 Å². The molecule has 0 bridgehead atoms. The molecule has 0 radical (unpaired) electrons. The zero-order valence-corrected chi connectivity index (χ0v) is 12.2. The van der Waals surface area contributed by atoms with Gasteiger partial charge in [-0.25, -0.2) is 4.79 Å². The molecular formula is C13H13BrN2O3. The molecule has 0 amide bonds. The Kier molecular flexibility index (Phi) is 4.21. The molecule has 5 nitrogen and oxygen atoms in total. The van der Waals surface area contributed by atoms with Gasteiger partial charge in [0.15, 0.2) is 5.69 Å². The first-order valence-corrected chi connectivity index (χ1v) is 6.37. The van der Waals surface area contributed by atoms with Gasteiger partial charge in [-0.05, 0) is 33.6 Å². The average Bonchev–Trinajstić information content (AvgIpc) is 2.79. The first kappa shape index (κ1) is 13.6. The van der Waals surface area contributed by atoms with Gasteiger partial charge in [0, 0.05) is 6.20 Å². The Balaban J connectivity index is 2.16. The Hall–Kier alpha value is -1.82. The van der Waals surface area contributed by atoms with Gasteiger partial charge < -0.3 is 9.47 Å². The molecule has 1 aromatic carbocycles. The summed E-state index contributed by atoms with van der Waals surface area (Å²) in [5.74, 6) is 0.348. The summed E-state index contributed by atoms with van der Waals surface area (Å²) in [6, 6.07) is 7.67. The molecule has 100 valence electrons. The maximum Gasteiger partial charge on any atom is 0.359 e. The number of ether oxygens (including phenoxy) is 2. The van der Waals surface area contributed by atoms with Crippen LogP contribution in [0.25, 0.3) is 0 Å². The molecule has 0 unspecified atom stereocenters. The van der Waals surface area contributed by atoms with E-state index in [9.17, 15) is 4.79 Å². The lowest BCUT2D eigenvalue weighted by atomic mass is 10.2. The van der Waals surface area contributed by atoms with Gasteiger partial charge in [-0.2, -0.15) is 5.10 Å². The van der Waals surface area contributed by atoms with Crippen LogP contribution in [0.5, 0.6) is 5.75 Å². The van der Waals surface area contributed by atoms with Gasteiger partial charge in [0.05, 0.1) is 25.2 Å². The highest BCUT2D eigenvalue weighted by atomic mass is 79.9. The second-order valence-corrected chi connectivity index (χ2v) is 4.72. The van der Waals surface area contributed by atoms with Gasteiger partial charge in [0.2, 0.25) is 0 Å². The predicted octanol–water partition coefficient (Wildman–Crippen LogP) is 2.49. The molecule has 2 rings (SSSR count). The van der Waals surface area contributed by atoms with Gasteiger partial charge in [0.25, 0.3) is 0 Å². The molecule has 0 N–H and O–H groups in total. The SMILES string of the molecule is COC(=O)c1nn(Cc2ccc(OC)cc2)cc1Br. The van der Waals surface area contributed by atoms with Crippen LogP contribution in [0.15, 0.2) is 34.9 Å². The van der Waals surface area contributed by atoms with Crippen molar-refractivity contribution in [2.45, 2.75) is 6.54 Å². The molecule has 0 aliphatic rings. The van der Waals surface area contributed by atoms with E-state index in [1.54, 1.807) is 18.0 Å². The van der Waals surface area contributed by atoms with Gasteiger partial charge in [-0.3, -0.25) is 4.68 Å². The van der Waals surface area contributed by atoms with E-state index in [-0.39, 0.29) is 5.69 Å². The monoisotopic (exact) mass is 324 g/mol. The first-order chi connectivity index (χ1) is 9.13. The fourth-order valence-corrected chi connectivity index (χ4v) is 2.11. The lowest BCUT2D eigenvalue weighted by Gasteiger charge is -2.03. The Bertz CT molecular complexity index is 578. The molecule has 6 heteroatoms. The average molecular weight is 325 g/mol. The van der Waals surface area contributed by atoms with Gasteiger partial charge >= 0.3 is 5.97 Å². The van der Waals surface area contributed by atoms with Crippen LogP contribution in [0.3, 0.4) is 0 Å². The zero-order chi connectivity index (χ0) is 13.8. The Morgan fingerprint density at radius 1 is 1.32 bits per heavy atom. The van der Waals surface area contributed by atoms with Gasteiger partial charge in [-0.1, -0.05) is 12.1 Å². The van der Waals surface area contributed by atoms with Crippen LogP contribution in [0.1, 0.15) is 16.1 Å². The quantitative estimate of drug-likeness (QED) is 0.811. The summed E-state index contributed by atoms with van der Waals surface area (Å²) >= 11 is 3.29. The van der Waals surface area contributed by atoms with E-state index in [2.05, 4.69) is 25.8 Å². The number of methoxy groups -OCH3 is 2. The van der Waals surface area contributed by atoms with E-state index in [1.165, 1.54) is 7.11 Å². The van der Waals surface area contributed by atoms with Crippen LogP contribution >= 0.6 is 15.9 Å². The number of aromatic nitrogens is 2. The van der Waals surface area contributed by atoms with Crippen molar-refractivity contribution >= 4 is 21.9 Å². The van der Waals surface area contributed by atoms with Crippen LogP contribution in [0.2, 0.25) is 0 Å². The van der Waals surface area contributed by atoms with Crippen LogP contribution in [-0.2, 0) is 11.3 Å². The molecule has 19 heavy (non-hydrogen) atoms. The highest BCUT2D eigenvalue weighted by Gasteiger charge is 2.15.